The number of imidazole rings is 1. The van der Waals surface area contributed by atoms with E-state index in [0.29, 0.717) is 5.92 Å². The molecule has 1 N–H and O–H groups in total. The summed E-state index contributed by atoms with van der Waals surface area (Å²) in [6.07, 6.45) is 3.16. The summed E-state index contributed by atoms with van der Waals surface area (Å²) < 4.78 is 8.47. The Hall–Kier alpha value is -2.89. The predicted molar refractivity (Wildman–Crippen MR) is 162 cm³/mol. The molecule has 3 atom stereocenters. The maximum atomic E-state index is 10.5. The SMILES string of the molecule is CC1CC(C)([B]OC(C)(C)C(C)(C)O)CCC1(C)c1ccc(-c2nc3ccccc3n2-c2ccccc2)cc1. The zero-order valence-corrected chi connectivity index (χ0v) is 24.5. The molecule has 5 rings (SSSR count). The van der Waals surface area contributed by atoms with Crippen LogP contribution < -0.4 is 0 Å². The minimum Gasteiger partial charge on any atom is -0.432 e. The van der Waals surface area contributed by atoms with Gasteiger partial charge in [0, 0.05) is 11.3 Å². The van der Waals surface area contributed by atoms with E-state index in [4.69, 9.17) is 9.64 Å². The highest BCUT2D eigenvalue weighted by Crippen LogP contribution is 2.54. The van der Waals surface area contributed by atoms with Gasteiger partial charge in [0.25, 0.3) is 7.48 Å². The molecule has 4 nitrogen and oxygen atoms in total. The molecule has 39 heavy (non-hydrogen) atoms. The third kappa shape index (κ3) is 5.19. The van der Waals surface area contributed by atoms with Crippen LogP contribution in [0.25, 0.3) is 28.1 Å². The molecule has 0 bridgehead atoms. The average Bonchev–Trinajstić information content (AvgIpc) is 3.30. The molecule has 1 fully saturated rings. The van der Waals surface area contributed by atoms with Gasteiger partial charge in [-0.2, -0.15) is 0 Å². The van der Waals surface area contributed by atoms with Crippen molar-refractivity contribution in [1.29, 1.82) is 0 Å². The largest absolute Gasteiger partial charge is 0.432 e. The molecule has 0 spiro atoms. The maximum Gasteiger partial charge on any atom is 0.299 e. The lowest BCUT2D eigenvalue weighted by molar-refractivity contribution is -0.0928. The van der Waals surface area contributed by atoms with Crippen LogP contribution in [-0.2, 0) is 10.1 Å². The molecule has 203 valence electrons. The van der Waals surface area contributed by atoms with E-state index in [2.05, 4.69) is 92.1 Å². The summed E-state index contributed by atoms with van der Waals surface area (Å²) in [5.41, 5.74) is 4.23. The van der Waals surface area contributed by atoms with Crippen LogP contribution in [0, 0.1) is 5.92 Å². The number of aromatic nitrogens is 2. The first kappa shape index (κ1) is 27.7. The van der Waals surface area contributed by atoms with Crippen LogP contribution in [0.1, 0.15) is 73.3 Å². The van der Waals surface area contributed by atoms with Gasteiger partial charge < -0.3 is 9.76 Å². The van der Waals surface area contributed by atoms with E-state index in [-0.39, 0.29) is 10.7 Å². The molecule has 1 aliphatic carbocycles. The highest BCUT2D eigenvalue weighted by atomic mass is 16.5. The highest BCUT2D eigenvalue weighted by Gasteiger charge is 2.46. The minimum absolute atomic E-state index is 0.0259. The van der Waals surface area contributed by atoms with Crippen LogP contribution in [0.15, 0.2) is 78.9 Å². The lowest BCUT2D eigenvalue weighted by atomic mass is 9.49. The van der Waals surface area contributed by atoms with E-state index in [0.717, 1.165) is 47.4 Å². The molecule has 0 amide bonds. The van der Waals surface area contributed by atoms with Crippen molar-refractivity contribution in [3.8, 4) is 17.1 Å². The van der Waals surface area contributed by atoms with Crippen molar-refractivity contribution in [2.75, 3.05) is 0 Å². The van der Waals surface area contributed by atoms with Crippen molar-refractivity contribution in [2.45, 2.75) is 89.7 Å². The Labute approximate surface area is 234 Å². The third-order valence-corrected chi connectivity index (χ3v) is 9.56. The quantitative estimate of drug-likeness (QED) is 0.250. The first-order valence-electron chi connectivity index (χ1n) is 14.2. The number of hydrogen-bond acceptors (Lipinski definition) is 3. The normalized spacial score (nSPS) is 24.2. The zero-order chi connectivity index (χ0) is 28.1. The van der Waals surface area contributed by atoms with E-state index >= 15 is 0 Å². The van der Waals surface area contributed by atoms with Crippen molar-refractivity contribution in [1.82, 2.24) is 9.55 Å². The summed E-state index contributed by atoms with van der Waals surface area (Å²) >= 11 is 0. The standard InChI is InChI=1S/C34H42BN2O2/c1-24-23-33(6,35-39-32(4,5)31(2,3)38)21-22-34(24,7)26-19-17-25(18-20-26)30-36-28-15-11-12-16-29(28)37(30)27-13-9-8-10-14-27/h8-20,24,38H,21-23H2,1-7H3. The number of benzene rings is 3. The Morgan fingerprint density at radius 1 is 0.897 bits per heavy atom. The summed E-state index contributed by atoms with van der Waals surface area (Å²) in [7, 11) is 2.01. The van der Waals surface area contributed by atoms with Crippen LogP contribution in [0.2, 0.25) is 5.31 Å². The fourth-order valence-corrected chi connectivity index (χ4v) is 5.85. The Morgan fingerprint density at radius 2 is 1.54 bits per heavy atom. The number of rotatable bonds is 7. The van der Waals surface area contributed by atoms with Gasteiger partial charge in [-0.15, -0.1) is 0 Å². The number of aliphatic hydroxyl groups is 1. The molecule has 1 aliphatic rings. The van der Waals surface area contributed by atoms with Gasteiger partial charge in [0.15, 0.2) is 0 Å². The van der Waals surface area contributed by atoms with Gasteiger partial charge in [-0.3, -0.25) is 4.57 Å². The third-order valence-electron chi connectivity index (χ3n) is 9.56. The summed E-state index contributed by atoms with van der Waals surface area (Å²) in [4.78, 5) is 5.04. The summed E-state index contributed by atoms with van der Waals surface area (Å²) in [6.45, 7) is 14.6. The van der Waals surface area contributed by atoms with Gasteiger partial charge in [0.2, 0.25) is 0 Å². The second-order valence-electron chi connectivity index (χ2n) is 13.2. The fraction of sp³-hybridized carbons (Fsp3) is 0.441. The Kier molecular flexibility index (Phi) is 7.05. The van der Waals surface area contributed by atoms with E-state index in [1.54, 1.807) is 0 Å². The van der Waals surface area contributed by atoms with Crippen LogP contribution in [0.3, 0.4) is 0 Å². The van der Waals surface area contributed by atoms with Crippen LogP contribution in [0.4, 0.5) is 0 Å². The molecule has 3 unspecified atom stereocenters. The van der Waals surface area contributed by atoms with Crippen molar-refractivity contribution < 1.29 is 9.76 Å². The molecular formula is C34H42BN2O2. The van der Waals surface area contributed by atoms with Crippen molar-refractivity contribution >= 4 is 18.5 Å². The number of para-hydroxylation sites is 3. The van der Waals surface area contributed by atoms with Gasteiger partial charge >= 0.3 is 0 Å². The summed E-state index contributed by atoms with van der Waals surface area (Å²) in [6, 6.07) is 27.9. The fourth-order valence-electron chi connectivity index (χ4n) is 5.85. The summed E-state index contributed by atoms with van der Waals surface area (Å²) in [5.74, 6) is 1.44. The first-order chi connectivity index (χ1) is 18.3. The van der Waals surface area contributed by atoms with Gasteiger partial charge in [-0.1, -0.05) is 81.8 Å². The molecule has 1 radical (unpaired) electrons. The molecule has 4 aromatic rings. The van der Waals surface area contributed by atoms with Gasteiger partial charge in [0.1, 0.15) is 5.82 Å². The minimum atomic E-state index is -0.919. The first-order valence-corrected chi connectivity index (χ1v) is 14.2. The summed E-state index contributed by atoms with van der Waals surface area (Å²) in [5, 5.41) is 10.5. The monoisotopic (exact) mass is 521 g/mol. The van der Waals surface area contributed by atoms with E-state index in [1.807, 2.05) is 47.3 Å². The van der Waals surface area contributed by atoms with Crippen molar-refractivity contribution in [2.24, 2.45) is 5.92 Å². The van der Waals surface area contributed by atoms with Crippen molar-refractivity contribution in [3.05, 3.63) is 84.4 Å². The Bertz CT molecular complexity index is 1440. The number of hydrogen-bond donors (Lipinski definition) is 1. The topological polar surface area (TPSA) is 47.3 Å². The average molecular weight is 522 g/mol. The molecule has 1 saturated carbocycles. The van der Waals surface area contributed by atoms with E-state index < -0.39 is 11.2 Å². The second-order valence-corrected chi connectivity index (χ2v) is 13.2. The van der Waals surface area contributed by atoms with Crippen LogP contribution >= 0.6 is 0 Å². The Balaban J connectivity index is 1.39. The predicted octanol–water partition coefficient (Wildman–Crippen LogP) is 8.13. The van der Waals surface area contributed by atoms with Crippen LogP contribution in [-0.4, -0.2) is 33.3 Å². The molecule has 3 aromatic carbocycles. The smallest absolute Gasteiger partial charge is 0.299 e. The maximum absolute atomic E-state index is 10.5. The van der Waals surface area contributed by atoms with E-state index in [1.165, 1.54) is 5.56 Å². The zero-order valence-electron chi connectivity index (χ0n) is 24.5. The molecular weight excluding hydrogens is 479 g/mol. The molecule has 5 heteroatoms. The second kappa shape index (κ2) is 9.94. The molecule has 0 aliphatic heterocycles. The van der Waals surface area contributed by atoms with E-state index in [9.17, 15) is 5.11 Å². The van der Waals surface area contributed by atoms with Gasteiger partial charge in [-0.05, 0) is 87.0 Å². The molecule has 0 saturated heterocycles. The molecule has 1 aromatic heterocycles. The molecule has 1 heterocycles. The number of nitrogens with zero attached hydrogens (tertiary/aromatic N) is 2. The lowest BCUT2D eigenvalue weighted by Crippen LogP contribution is -2.50. The van der Waals surface area contributed by atoms with Crippen LogP contribution in [0.5, 0.6) is 0 Å². The number of fused-ring (bicyclic) bond motifs is 1. The Morgan fingerprint density at radius 3 is 2.18 bits per heavy atom. The van der Waals surface area contributed by atoms with Crippen molar-refractivity contribution in [3.63, 3.8) is 0 Å². The lowest BCUT2D eigenvalue weighted by Gasteiger charge is -2.49. The van der Waals surface area contributed by atoms with Gasteiger partial charge in [0.05, 0.1) is 22.2 Å². The van der Waals surface area contributed by atoms with Gasteiger partial charge in [-0.25, -0.2) is 4.98 Å². The highest BCUT2D eigenvalue weighted by molar-refractivity contribution is 6.32.